The van der Waals surface area contributed by atoms with Crippen molar-refractivity contribution >= 4 is 5.97 Å². The number of ether oxygens (including phenoxy) is 1. The van der Waals surface area contributed by atoms with Gasteiger partial charge in [0.1, 0.15) is 5.75 Å². The molecular formula is C21H37NO3. The molecule has 0 heterocycles. The first kappa shape index (κ1) is 23.4. The van der Waals surface area contributed by atoms with Gasteiger partial charge in [-0.25, -0.2) is 0 Å². The molecule has 0 saturated heterocycles. The first-order chi connectivity index (χ1) is 11.6. The topological polar surface area (TPSA) is 85.9 Å². The van der Waals surface area contributed by atoms with Crippen LogP contribution in [-0.4, -0.2) is 12.6 Å². The number of aryl methyl sites for hydroxylation is 1. The summed E-state index contributed by atoms with van der Waals surface area (Å²) in [5.74, 6) is -0.693. The number of aromatic carboxylic acids is 1. The fourth-order valence-electron chi connectivity index (χ4n) is 2.90. The zero-order chi connectivity index (χ0) is 17.8. The minimum Gasteiger partial charge on any atom is -0.545 e. The maximum atomic E-state index is 11.2. The molecule has 0 amide bonds. The molecule has 1 aromatic carbocycles. The summed E-state index contributed by atoms with van der Waals surface area (Å²) in [6.45, 7) is 6.68. The fourth-order valence-corrected chi connectivity index (χ4v) is 2.90. The Balaban J connectivity index is 0.00000576. The van der Waals surface area contributed by atoms with Crippen molar-refractivity contribution in [2.24, 2.45) is 0 Å². The van der Waals surface area contributed by atoms with Crippen LogP contribution >= 0.6 is 0 Å². The van der Waals surface area contributed by atoms with Crippen molar-refractivity contribution in [3.05, 3.63) is 28.8 Å². The highest BCUT2D eigenvalue weighted by Gasteiger charge is 2.10. The van der Waals surface area contributed by atoms with E-state index in [0.717, 1.165) is 24.0 Å². The van der Waals surface area contributed by atoms with Crippen LogP contribution in [0.15, 0.2) is 12.1 Å². The molecule has 0 aromatic heterocycles. The molecule has 0 atom stereocenters. The first-order valence-corrected chi connectivity index (χ1v) is 9.52. The lowest BCUT2D eigenvalue weighted by Gasteiger charge is -2.16. The lowest BCUT2D eigenvalue weighted by atomic mass is 10.0. The maximum Gasteiger partial charge on any atom is 0.131 e. The number of carboxylic acid groups (broad SMARTS) is 1. The van der Waals surface area contributed by atoms with Crippen molar-refractivity contribution in [1.82, 2.24) is 6.15 Å². The number of carboxylic acids is 1. The van der Waals surface area contributed by atoms with Crippen LogP contribution in [0.2, 0.25) is 0 Å². The normalized spacial score (nSPS) is 10.4. The summed E-state index contributed by atoms with van der Waals surface area (Å²) < 4.78 is 5.76. The van der Waals surface area contributed by atoms with Crippen LogP contribution in [-0.2, 0) is 0 Å². The van der Waals surface area contributed by atoms with E-state index in [1.807, 2.05) is 13.8 Å². The summed E-state index contributed by atoms with van der Waals surface area (Å²) in [7, 11) is 0. The number of carbonyl (C=O) groups excluding carboxylic acids is 1. The number of hydrogen-bond donors (Lipinski definition) is 1. The molecule has 4 nitrogen and oxygen atoms in total. The van der Waals surface area contributed by atoms with E-state index in [0.29, 0.717) is 12.4 Å². The predicted octanol–water partition coefficient (Wildman–Crippen LogP) is 5.34. The number of carbonyl (C=O) groups is 1. The molecule has 144 valence electrons. The molecule has 0 bridgehead atoms. The molecule has 25 heavy (non-hydrogen) atoms. The Morgan fingerprint density at radius 2 is 1.44 bits per heavy atom. The molecule has 0 aliphatic heterocycles. The molecule has 0 spiro atoms. The molecule has 0 fully saturated rings. The Hall–Kier alpha value is -1.55. The highest BCUT2D eigenvalue weighted by atomic mass is 16.5. The summed E-state index contributed by atoms with van der Waals surface area (Å²) in [5, 5.41) is 11.2. The van der Waals surface area contributed by atoms with E-state index in [2.05, 4.69) is 6.92 Å². The van der Waals surface area contributed by atoms with Crippen LogP contribution in [0.1, 0.15) is 92.6 Å². The summed E-state index contributed by atoms with van der Waals surface area (Å²) in [6.07, 6.45) is 12.7. The average Bonchev–Trinajstić information content (AvgIpc) is 2.56. The molecule has 4 heteroatoms. The highest BCUT2D eigenvalue weighted by Crippen LogP contribution is 2.26. The first-order valence-electron chi connectivity index (χ1n) is 9.52. The van der Waals surface area contributed by atoms with Gasteiger partial charge in [-0.15, -0.1) is 0 Å². The highest BCUT2D eigenvalue weighted by molar-refractivity contribution is 5.90. The zero-order valence-electron chi connectivity index (χ0n) is 16.7. The van der Waals surface area contributed by atoms with Gasteiger partial charge < -0.3 is 20.8 Å². The fraction of sp³-hybridized carbons (Fsp3) is 0.667. The summed E-state index contributed by atoms with van der Waals surface area (Å²) in [6, 6.07) is 3.37. The van der Waals surface area contributed by atoms with E-state index in [1.165, 1.54) is 51.4 Å². The minimum absolute atomic E-state index is 0. The van der Waals surface area contributed by atoms with E-state index in [1.54, 1.807) is 12.1 Å². The Bertz CT molecular complexity index is 500. The van der Waals surface area contributed by atoms with Gasteiger partial charge in [0.05, 0.1) is 12.6 Å². The van der Waals surface area contributed by atoms with Crippen LogP contribution in [0.5, 0.6) is 5.75 Å². The van der Waals surface area contributed by atoms with Crippen LogP contribution in [0.3, 0.4) is 0 Å². The van der Waals surface area contributed by atoms with E-state index in [9.17, 15) is 9.90 Å². The summed E-state index contributed by atoms with van der Waals surface area (Å²) in [4.78, 5) is 11.2. The van der Waals surface area contributed by atoms with Crippen molar-refractivity contribution in [1.29, 1.82) is 0 Å². The van der Waals surface area contributed by atoms with E-state index >= 15 is 0 Å². The van der Waals surface area contributed by atoms with Gasteiger partial charge in [-0.1, -0.05) is 70.8 Å². The standard InChI is InChI=1S/C21H34O3.H3N/c1-4-5-6-7-8-9-10-11-12-13-16-24-20-18(3)17(2)14-15-19(20)21(22)23;/h14-15H,4-13,16H2,1-3H3,(H,22,23);1H3. The average molecular weight is 352 g/mol. The lowest BCUT2D eigenvalue weighted by Crippen LogP contribution is -2.23. The molecule has 1 aromatic rings. The van der Waals surface area contributed by atoms with Gasteiger partial charge in [-0.05, 0) is 37.5 Å². The van der Waals surface area contributed by atoms with Crippen molar-refractivity contribution in [3.8, 4) is 5.75 Å². The molecule has 0 radical (unpaired) electrons. The van der Waals surface area contributed by atoms with Gasteiger partial charge in [-0.3, -0.25) is 0 Å². The molecular weight excluding hydrogens is 314 g/mol. The van der Waals surface area contributed by atoms with Crippen LogP contribution in [0.25, 0.3) is 0 Å². The van der Waals surface area contributed by atoms with Crippen LogP contribution < -0.4 is 16.0 Å². The largest absolute Gasteiger partial charge is 0.545 e. The van der Waals surface area contributed by atoms with Crippen LogP contribution in [0.4, 0.5) is 0 Å². The molecule has 0 aliphatic carbocycles. The summed E-state index contributed by atoms with van der Waals surface area (Å²) >= 11 is 0. The third-order valence-electron chi connectivity index (χ3n) is 4.64. The van der Waals surface area contributed by atoms with Crippen molar-refractivity contribution in [2.75, 3.05) is 6.61 Å². The number of unbranched alkanes of at least 4 members (excludes halogenated alkanes) is 9. The van der Waals surface area contributed by atoms with Gasteiger partial charge in [0.2, 0.25) is 0 Å². The number of benzene rings is 1. The SMILES string of the molecule is CCCCCCCCCCCCOc1c(C(=O)[O-])ccc(C)c1C.[NH4+]. The zero-order valence-corrected chi connectivity index (χ0v) is 16.7. The van der Waals surface area contributed by atoms with E-state index in [-0.39, 0.29) is 11.7 Å². The van der Waals surface area contributed by atoms with Crippen LogP contribution in [0, 0.1) is 13.8 Å². The second-order valence-electron chi connectivity index (χ2n) is 6.70. The van der Waals surface area contributed by atoms with Gasteiger partial charge in [0, 0.05) is 5.56 Å². The smallest absolute Gasteiger partial charge is 0.131 e. The summed E-state index contributed by atoms with van der Waals surface area (Å²) in [5.41, 5.74) is 2.09. The van der Waals surface area contributed by atoms with Gasteiger partial charge in [0.15, 0.2) is 0 Å². The predicted molar refractivity (Wildman–Crippen MR) is 104 cm³/mol. The van der Waals surface area contributed by atoms with Crippen molar-refractivity contribution in [2.45, 2.75) is 85.0 Å². The van der Waals surface area contributed by atoms with E-state index in [4.69, 9.17) is 4.74 Å². The van der Waals surface area contributed by atoms with E-state index < -0.39 is 5.97 Å². The maximum absolute atomic E-state index is 11.2. The van der Waals surface area contributed by atoms with Gasteiger partial charge in [-0.2, -0.15) is 0 Å². The molecule has 0 saturated carbocycles. The minimum atomic E-state index is -1.17. The molecule has 4 N–H and O–H groups in total. The van der Waals surface area contributed by atoms with Crippen molar-refractivity contribution in [3.63, 3.8) is 0 Å². The molecule has 0 unspecified atom stereocenters. The number of quaternary nitrogens is 1. The van der Waals surface area contributed by atoms with Gasteiger partial charge in [0.25, 0.3) is 0 Å². The Morgan fingerprint density at radius 1 is 0.920 bits per heavy atom. The second kappa shape index (κ2) is 13.7. The Morgan fingerprint density at radius 3 is 1.96 bits per heavy atom. The monoisotopic (exact) mass is 351 g/mol. The van der Waals surface area contributed by atoms with Crippen molar-refractivity contribution < 1.29 is 14.6 Å². The number of rotatable bonds is 13. The third-order valence-corrected chi connectivity index (χ3v) is 4.64. The quantitative estimate of drug-likeness (QED) is 0.486. The Labute approximate surface area is 153 Å². The van der Waals surface area contributed by atoms with Gasteiger partial charge >= 0.3 is 0 Å². The second-order valence-corrected chi connectivity index (χ2v) is 6.70. The molecule has 1 rings (SSSR count). The molecule has 0 aliphatic rings. The third kappa shape index (κ3) is 8.92. The lowest BCUT2D eigenvalue weighted by molar-refractivity contribution is -0.255. The Kier molecular flexibility index (Phi) is 12.9. The number of hydrogen-bond acceptors (Lipinski definition) is 3.